The Labute approximate surface area is 174 Å². The van der Waals surface area contributed by atoms with Crippen molar-refractivity contribution in [3.63, 3.8) is 0 Å². The highest BCUT2D eigenvalue weighted by atomic mass is 35.5. The number of halogens is 1. The summed E-state index contributed by atoms with van der Waals surface area (Å²) in [4.78, 5) is 24.3. The van der Waals surface area contributed by atoms with Gasteiger partial charge in [-0.1, -0.05) is 11.6 Å². The van der Waals surface area contributed by atoms with Crippen molar-refractivity contribution < 1.29 is 19.1 Å². The van der Waals surface area contributed by atoms with E-state index in [1.165, 1.54) is 0 Å². The summed E-state index contributed by atoms with van der Waals surface area (Å²) in [5.41, 5.74) is 1.19. The summed E-state index contributed by atoms with van der Waals surface area (Å²) in [7, 11) is 1.57. The molecule has 3 aromatic carbocycles. The van der Waals surface area contributed by atoms with Crippen molar-refractivity contribution >= 4 is 29.0 Å². The van der Waals surface area contributed by atoms with E-state index in [4.69, 9.17) is 21.1 Å². The number of ketones is 1. The molecule has 5 nitrogen and oxygen atoms in total. The third-order valence-electron chi connectivity index (χ3n) is 4.18. The van der Waals surface area contributed by atoms with E-state index in [-0.39, 0.29) is 24.5 Å². The Morgan fingerprint density at radius 3 is 1.93 bits per heavy atom. The van der Waals surface area contributed by atoms with Gasteiger partial charge < -0.3 is 14.8 Å². The van der Waals surface area contributed by atoms with Crippen molar-refractivity contribution in [1.82, 2.24) is 0 Å². The number of amides is 1. The Hall–Kier alpha value is -3.31. The minimum absolute atomic E-state index is 0.0884. The standard InChI is InChI=1S/C23H20ClNO4/c1-28-19-8-2-16(3-9-19)22(26)14-15-23(27)25-18-6-12-21(13-7-18)29-20-10-4-17(24)5-11-20/h2-13H,14-15H2,1H3,(H,25,27). The summed E-state index contributed by atoms with van der Waals surface area (Å²) in [6, 6.07) is 20.9. The first kappa shape index (κ1) is 20.4. The van der Waals surface area contributed by atoms with Gasteiger partial charge in [0.2, 0.25) is 5.91 Å². The average molecular weight is 410 g/mol. The van der Waals surface area contributed by atoms with Crippen LogP contribution in [-0.4, -0.2) is 18.8 Å². The fourth-order valence-corrected chi connectivity index (χ4v) is 2.74. The van der Waals surface area contributed by atoms with Gasteiger partial charge >= 0.3 is 0 Å². The van der Waals surface area contributed by atoms with Gasteiger partial charge in [0.25, 0.3) is 0 Å². The average Bonchev–Trinajstić information content (AvgIpc) is 2.75. The van der Waals surface area contributed by atoms with E-state index >= 15 is 0 Å². The van der Waals surface area contributed by atoms with Crippen LogP contribution in [0.3, 0.4) is 0 Å². The highest BCUT2D eigenvalue weighted by Gasteiger charge is 2.10. The lowest BCUT2D eigenvalue weighted by Gasteiger charge is -2.08. The molecule has 0 saturated heterocycles. The van der Waals surface area contributed by atoms with Gasteiger partial charge in [0.05, 0.1) is 7.11 Å². The fraction of sp³-hybridized carbons (Fsp3) is 0.130. The molecule has 148 valence electrons. The molecule has 0 aromatic heterocycles. The van der Waals surface area contributed by atoms with Gasteiger partial charge in [0, 0.05) is 29.1 Å². The largest absolute Gasteiger partial charge is 0.497 e. The van der Waals surface area contributed by atoms with Crippen LogP contribution in [0, 0.1) is 0 Å². The van der Waals surface area contributed by atoms with Gasteiger partial charge in [0.1, 0.15) is 17.2 Å². The number of Topliss-reactive ketones (excluding diaryl/α,β-unsaturated/α-hetero) is 1. The van der Waals surface area contributed by atoms with Crippen molar-refractivity contribution in [2.75, 3.05) is 12.4 Å². The molecular formula is C23H20ClNO4. The van der Waals surface area contributed by atoms with E-state index in [1.807, 2.05) is 0 Å². The summed E-state index contributed by atoms with van der Waals surface area (Å²) in [5, 5.41) is 3.42. The van der Waals surface area contributed by atoms with E-state index in [0.29, 0.717) is 33.5 Å². The smallest absolute Gasteiger partial charge is 0.224 e. The lowest BCUT2D eigenvalue weighted by atomic mass is 10.1. The molecule has 0 fully saturated rings. The lowest BCUT2D eigenvalue weighted by molar-refractivity contribution is -0.116. The van der Waals surface area contributed by atoms with Crippen molar-refractivity contribution in [3.05, 3.63) is 83.4 Å². The summed E-state index contributed by atoms with van der Waals surface area (Å²) in [6.45, 7) is 0. The molecule has 0 aliphatic carbocycles. The van der Waals surface area contributed by atoms with Crippen LogP contribution in [0.25, 0.3) is 0 Å². The van der Waals surface area contributed by atoms with Crippen molar-refractivity contribution in [3.8, 4) is 17.2 Å². The van der Waals surface area contributed by atoms with Crippen molar-refractivity contribution in [2.45, 2.75) is 12.8 Å². The second-order valence-corrected chi connectivity index (χ2v) is 6.72. The molecule has 1 N–H and O–H groups in total. The molecule has 0 aliphatic heterocycles. The number of carbonyl (C=O) groups excluding carboxylic acids is 2. The van der Waals surface area contributed by atoms with Crippen LogP contribution in [0.2, 0.25) is 5.02 Å². The van der Waals surface area contributed by atoms with Crippen LogP contribution in [-0.2, 0) is 4.79 Å². The van der Waals surface area contributed by atoms with Crippen LogP contribution in [0.5, 0.6) is 17.2 Å². The molecule has 3 rings (SSSR count). The topological polar surface area (TPSA) is 64.6 Å². The Morgan fingerprint density at radius 2 is 1.34 bits per heavy atom. The van der Waals surface area contributed by atoms with Gasteiger partial charge in [-0.05, 0) is 72.8 Å². The second-order valence-electron chi connectivity index (χ2n) is 6.28. The van der Waals surface area contributed by atoms with Gasteiger partial charge in [-0.3, -0.25) is 9.59 Å². The summed E-state index contributed by atoms with van der Waals surface area (Å²) in [6.07, 6.45) is 0.240. The molecule has 1 amide bonds. The Balaban J connectivity index is 1.48. The van der Waals surface area contributed by atoms with Crippen LogP contribution in [0.15, 0.2) is 72.8 Å². The number of hydrogen-bond acceptors (Lipinski definition) is 4. The second kappa shape index (κ2) is 9.75. The number of rotatable bonds is 8. The highest BCUT2D eigenvalue weighted by Crippen LogP contribution is 2.24. The van der Waals surface area contributed by atoms with E-state index in [0.717, 1.165) is 0 Å². The predicted molar refractivity (Wildman–Crippen MR) is 113 cm³/mol. The lowest BCUT2D eigenvalue weighted by Crippen LogP contribution is -2.13. The molecule has 0 aliphatic rings. The molecule has 0 bridgehead atoms. The van der Waals surface area contributed by atoms with Gasteiger partial charge in [0.15, 0.2) is 5.78 Å². The summed E-state index contributed by atoms with van der Waals surface area (Å²) < 4.78 is 10.8. The SMILES string of the molecule is COc1ccc(C(=O)CCC(=O)Nc2ccc(Oc3ccc(Cl)cc3)cc2)cc1. The third-order valence-corrected chi connectivity index (χ3v) is 4.43. The number of anilines is 1. The van der Waals surface area contributed by atoms with Crippen LogP contribution < -0.4 is 14.8 Å². The highest BCUT2D eigenvalue weighted by molar-refractivity contribution is 6.30. The monoisotopic (exact) mass is 409 g/mol. The Morgan fingerprint density at radius 1 is 0.793 bits per heavy atom. The van der Waals surface area contributed by atoms with Gasteiger partial charge in [-0.25, -0.2) is 0 Å². The van der Waals surface area contributed by atoms with E-state index in [2.05, 4.69) is 5.32 Å². The zero-order chi connectivity index (χ0) is 20.6. The number of benzene rings is 3. The molecule has 3 aromatic rings. The normalized spacial score (nSPS) is 10.3. The molecule has 0 atom stereocenters. The quantitative estimate of drug-likeness (QED) is 0.481. The van der Waals surface area contributed by atoms with E-state index in [1.54, 1.807) is 79.9 Å². The Bertz CT molecular complexity index is 967. The number of ether oxygens (including phenoxy) is 2. The maximum Gasteiger partial charge on any atom is 0.224 e. The molecule has 29 heavy (non-hydrogen) atoms. The third kappa shape index (κ3) is 6.09. The van der Waals surface area contributed by atoms with Crippen molar-refractivity contribution in [2.24, 2.45) is 0 Å². The zero-order valence-electron chi connectivity index (χ0n) is 15.9. The zero-order valence-corrected chi connectivity index (χ0v) is 16.6. The minimum atomic E-state index is -0.224. The Kier molecular flexibility index (Phi) is 6.87. The number of methoxy groups -OCH3 is 1. The van der Waals surface area contributed by atoms with Crippen molar-refractivity contribution in [1.29, 1.82) is 0 Å². The van der Waals surface area contributed by atoms with Crippen LogP contribution >= 0.6 is 11.6 Å². The molecule has 0 heterocycles. The maximum absolute atomic E-state index is 12.2. The fourth-order valence-electron chi connectivity index (χ4n) is 2.62. The first-order valence-electron chi connectivity index (χ1n) is 9.04. The van der Waals surface area contributed by atoms with E-state index in [9.17, 15) is 9.59 Å². The minimum Gasteiger partial charge on any atom is -0.497 e. The van der Waals surface area contributed by atoms with Crippen LogP contribution in [0.4, 0.5) is 5.69 Å². The first-order chi connectivity index (χ1) is 14.0. The number of hydrogen-bond donors (Lipinski definition) is 1. The molecule has 0 spiro atoms. The molecular weight excluding hydrogens is 390 g/mol. The molecule has 0 saturated carbocycles. The van der Waals surface area contributed by atoms with Gasteiger partial charge in [-0.2, -0.15) is 0 Å². The van der Waals surface area contributed by atoms with Crippen LogP contribution in [0.1, 0.15) is 23.2 Å². The number of nitrogens with one attached hydrogen (secondary N) is 1. The molecule has 0 unspecified atom stereocenters. The maximum atomic E-state index is 12.2. The molecule has 6 heteroatoms. The predicted octanol–water partition coefficient (Wildman–Crippen LogP) is 5.74. The summed E-state index contributed by atoms with van der Waals surface area (Å²) in [5.74, 6) is 1.68. The number of carbonyl (C=O) groups is 2. The van der Waals surface area contributed by atoms with Gasteiger partial charge in [-0.15, -0.1) is 0 Å². The van der Waals surface area contributed by atoms with E-state index < -0.39 is 0 Å². The molecule has 0 radical (unpaired) electrons. The first-order valence-corrected chi connectivity index (χ1v) is 9.42. The summed E-state index contributed by atoms with van der Waals surface area (Å²) >= 11 is 5.85.